The fraction of sp³-hybridized carbons (Fsp3) is 0.292. The minimum Gasteiger partial charge on any atom is -0.328 e. The molecule has 10 heteroatoms. The van der Waals surface area contributed by atoms with Crippen LogP contribution in [0.4, 0.5) is 5.13 Å². The van der Waals surface area contributed by atoms with Crippen molar-refractivity contribution in [3.8, 4) is 0 Å². The Kier molecular flexibility index (Phi) is 6.34. The van der Waals surface area contributed by atoms with Crippen LogP contribution in [-0.4, -0.2) is 48.8 Å². The van der Waals surface area contributed by atoms with E-state index in [-0.39, 0.29) is 23.6 Å². The number of nitrogens with one attached hydrogen (secondary N) is 1. The maximum Gasteiger partial charge on any atom is 0.254 e. The molecule has 1 aliphatic rings. The van der Waals surface area contributed by atoms with Gasteiger partial charge in [0, 0.05) is 19.2 Å². The number of benzene rings is 2. The zero-order valence-corrected chi connectivity index (χ0v) is 20.5. The Morgan fingerprint density at radius 3 is 2.76 bits per heavy atom. The first-order valence-electron chi connectivity index (χ1n) is 11.1. The van der Waals surface area contributed by atoms with Crippen LogP contribution in [0.5, 0.6) is 0 Å². The van der Waals surface area contributed by atoms with Crippen LogP contribution >= 0.6 is 23.1 Å². The van der Waals surface area contributed by atoms with Crippen LogP contribution in [-0.2, 0) is 11.8 Å². The van der Waals surface area contributed by atoms with Gasteiger partial charge in [0.05, 0.1) is 22.0 Å². The Morgan fingerprint density at radius 1 is 1.15 bits per heavy atom. The summed E-state index contributed by atoms with van der Waals surface area (Å²) in [4.78, 5) is 32.1. The van der Waals surface area contributed by atoms with E-state index in [4.69, 9.17) is 0 Å². The third-order valence-electron chi connectivity index (χ3n) is 5.93. The minimum absolute atomic E-state index is 0.0213. The van der Waals surface area contributed by atoms with Crippen molar-refractivity contribution in [1.29, 1.82) is 0 Å². The van der Waals surface area contributed by atoms with Gasteiger partial charge in [0.15, 0.2) is 16.1 Å². The number of carbonyl (C=O) groups is 2. The van der Waals surface area contributed by atoms with Crippen LogP contribution < -0.4 is 5.32 Å². The second-order valence-electron chi connectivity index (χ2n) is 8.19. The molecular formula is C24H24N6O2S2. The highest BCUT2D eigenvalue weighted by atomic mass is 32.2. The summed E-state index contributed by atoms with van der Waals surface area (Å²) in [6.07, 6.45) is 1.76. The van der Waals surface area contributed by atoms with Crippen LogP contribution in [0.1, 0.15) is 40.6 Å². The summed E-state index contributed by atoms with van der Waals surface area (Å²) in [5, 5.41) is 12.8. The van der Waals surface area contributed by atoms with E-state index in [1.807, 2.05) is 72.0 Å². The first-order valence-corrected chi connectivity index (χ1v) is 12.9. The van der Waals surface area contributed by atoms with Crippen LogP contribution in [0.15, 0.2) is 53.7 Å². The molecule has 2 amide bonds. The smallest absolute Gasteiger partial charge is 0.254 e. The van der Waals surface area contributed by atoms with Gasteiger partial charge in [-0.15, -0.1) is 10.2 Å². The fourth-order valence-electron chi connectivity index (χ4n) is 4.20. The highest BCUT2D eigenvalue weighted by Gasteiger charge is 2.34. The second kappa shape index (κ2) is 9.55. The average Bonchev–Trinajstić information content (AvgIpc) is 3.55. The van der Waals surface area contributed by atoms with Crippen molar-refractivity contribution < 1.29 is 9.59 Å². The van der Waals surface area contributed by atoms with Crippen LogP contribution in [0.25, 0.3) is 10.2 Å². The zero-order valence-electron chi connectivity index (χ0n) is 18.9. The number of para-hydroxylation sites is 1. The summed E-state index contributed by atoms with van der Waals surface area (Å²) in [5.41, 5.74) is 2.55. The first-order chi connectivity index (χ1) is 16.5. The molecule has 1 N–H and O–H groups in total. The number of carbonyl (C=O) groups excluding carboxylic acids is 2. The highest BCUT2D eigenvalue weighted by Crippen LogP contribution is 2.34. The molecule has 2 aromatic heterocycles. The summed E-state index contributed by atoms with van der Waals surface area (Å²) in [6, 6.07) is 15.3. The molecule has 3 heterocycles. The molecule has 4 aromatic rings. The lowest BCUT2D eigenvalue weighted by atomic mass is 10.1. The summed E-state index contributed by atoms with van der Waals surface area (Å²) < 4.78 is 2.92. The molecule has 0 bridgehead atoms. The predicted octanol–water partition coefficient (Wildman–Crippen LogP) is 4.44. The number of rotatable bonds is 6. The topological polar surface area (TPSA) is 93.0 Å². The lowest BCUT2D eigenvalue weighted by molar-refractivity contribution is -0.113. The maximum absolute atomic E-state index is 13.2. The third-order valence-corrected chi connectivity index (χ3v) is 7.90. The predicted molar refractivity (Wildman–Crippen MR) is 134 cm³/mol. The quantitative estimate of drug-likeness (QED) is 0.400. The number of fused-ring (bicyclic) bond motifs is 1. The number of likely N-dealkylation sites (tertiary alicyclic amines) is 1. The zero-order chi connectivity index (χ0) is 23.7. The molecule has 8 nitrogen and oxygen atoms in total. The van der Waals surface area contributed by atoms with E-state index in [0.29, 0.717) is 16.8 Å². The molecule has 1 atom stereocenters. The number of anilines is 1. The molecule has 1 saturated heterocycles. The first kappa shape index (κ1) is 22.5. The van der Waals surface area contributed by atoms with Crippen molar-refractivity contribution in [1.82, 2.24) is 24.6 Å². The van der Waals surface area contributed by atoms with Gasteiger partial charge in [0.1, 0.15) is 0 Å². The number of nitrogens with zero attached hydrogens (tertiary/aromatic N) is 5. The molecule has 0 spiro atoms. The second-order valence-corrected chi connectivity index (χ2v) is 10.2. The Balaban J connectivity index is 1.25. The molecular weight excluding hydrogens is 468 g/mol. The molecule has 174 valence electrons. The minimum atomic E-state index is -0.147. The molecule has 5 rings (SSSR count). The number of thioether (sulfide) groups is 1. The van der Waals surface area contributed by atoms with Crippen molar-refractivity contribution in [2.24, 2.45) is 7.05 Å². The standard InChI is InChI=1S/C24H24N6O2S2/c1-15-8-3-4-9-16(15)22(32)30-13-7-11-18(30)21-27-28-24(29(21)2)33-14-20(31)26-23-25-17-10-5-6-12-19(17)34-23/h3-6,8-10,12,18H,7,11,13-14H2,1-2H3,(H,25,26,31). The Morgan fingerprint density at radius 2 is 1.94 bits per heavy atom. The van der Waals surface area contributed by atoms with Gasteiger partial charge in [0.2, 0.25) is 5.91 Å². The number of thiazole rings is 1. The summed E-state index contributed by atoms with van der Waals surface area (Å²) in [6.45, 7) is 2.65. The van der Waals surface area contributed by atoms with E-state index in [1.165, 1.54) is 23.1 Å². The largest absolute Gasteiger partial charge is 0.328 e. The third kappa shape index (κ3) is 4.43. The molecule has 0 saturated carbocycles. The van der Waals surface area contributed by atoms with Crippen molar-refractivity contribution in [2.75, 3.05) is 17.6 Å². The molecule has 2 aromatic carbocycles. The van der Waals surface area contributed by atoms with Gasteiger partial charge in [-0.25, -0.2) is 4.98 Å². The molecule has 0 radical (unpaired) electrons. The Bertz CT molecular complexity index is 1330. The van der Waals surface area contributed by atoms with Gasteiger partial charge in [-0.1, -0.05) is 53.4 Å². The normalized spacial score (nSPS) is 15.7. The molecule has 1 fully saturated rings. The highest BCUT2D eigenvalue weighted by molar-refractivity contribution is 7.99. The maximum atomic E-state index is 13.2. The lowest BCUT2D eigenvalue weighted by Crippen LogP contribution is -2.32. The fourth-order valence-corrected chi connectivity index (χ4v) is 5.80. The van der Waals surface area contributed by atoms with E-state index in [2.05, 4.69) is 20.5 Å². The molecule has 0 aliphatic carbocycles. The van der Waals surface area contributed by atoms with Crippen molar-refractivity contribution in [2.45, 2.75) is 31.0 Å². The Labute approximate surface area is 205 Å². The lowest BCUT2D eigenvalue weighted by Gasteiger charge is -2.24. The monoisotopic (exact) mass is 492 g/mol. The number of hydrogen-bond acceptors (Lipinski definition) is 7. The SMILES string of the molecule is Cc1ccccc1C(=O)N1CCCC1c1nnc(SCC(=O)Nc2nc3ccccc3s2)n1C. The molecule has 1 unspecified atom stereocenters. The Hall–Kier alpha value is -3.24. The number of hydrogen-bond donors (Lipinski definition) is 1. The van der Waals surface area contributed by atoms with Crippen LogP contribution in [0.2, 0.25) is 0 Å². The van der Waals surface area contributed by atoms with Gasteiger partial charge >= 0.3 is 0 Å². The van der Waals surface area contributed by atoms with E-state index >= 15 is 0 Å². The van der Waals surface area contributed by atoms with Gasteiger partial charge in [-0.3, -0.25) is 9.59 Å². The summed E-state index contributed by atoms with van der Waals surface area (Å²) in [7, 11) is 1.89. The molecule has 1 aliphatic heterocycles. The molecule has 34 heavy (non-hydrogen) atoms. The van der Waals surface area contributed by atoms with Gasteiger partial charge in [-0.05, 0) is 43.5 Å². The summed E-state index contributed by atoms with van der Waals surface area (Å²) >= 11 is 2.77. The number of aryl methyl sites for hydroxylation is 1. The van der Waals surface area contributed by atoms with Crippen LogP contribution in [0, 0.1) is 6.92 Å². The summed E-state index contributed by atoms with van der Waals surface area (Å²) in [5.74, 6) is 0.811. The average molecular weight is 493 g/mol. The van der Waals surface area contributed by atoms with Crippen molar-refractivity contribution in [3.05, 3.63) is 65.5 Å². The van der Waals surface area contributed by atoms with Gasteiger partial charge in [-0.2, -0.15) is 0 Å². The van der Waals surface area contributed by atoms with Gasteiger partial charge in [0.25, 0.3) is 5.91 Å². The van der Waals surface area contributed by atoms with E-state index in [1.54, 1.807) is 0 Å². The van der Waals surface area contributed by atoms with Gasteiger partial charge < -0.3 is 14.8 Å². The van der Waals surface area contributed by atoms with E-state index in [9.17, 15) is 9.59 Å². The van der Waals surface area contributed by atoms with Crippen molar-refractivity contribution >= 4 is 50.3 Å². The van der Waals surface area contributed by atoms with Crippen LogP contribution in [0.3, 0.4) is 0 Å². The number of aromatic nitrogens is 4. The van der Waals surface area contributed by atoms with Crippen molar-refractivity contribution in [3.63, 3.8) is 0 Å². The number of amides is 2. The van der Waals surface area contributed by atoms with E-state index < -0.39 is 0 Å². The van der Waals surface area contributed by atoms with E-state index in [0.717, 1.165) is 40.0 Å².